The fourth-order valence-electron chi connectivity index (χ4n) is 4.89. The molecule has 2 aromatic heterocycles. The van der Waals surface area contributed by atoms with E-state index in [1.165, 1.54) is 0 Å². The lowest BCUT2D eigenvalue weighted by atomic mass is 9.77. The van der Waals surface area contributed by atoms with Crippen LogP contribution in [0.2, 0.25) is 0 Å². The summed E-state index contributed by atoms with van der Waals surface area (Å²) < 4.78 is 1.28. The van der Waals surface area contributed by atoms with Crippen molar-refractivity contribution in [3.63, 3.8) is 0 Å². The Morgan fingerprint density at radius 2 is 1.11 bits per heavy atom. The average Bonchev–Trinajstić information content (AvgIpc) is 3.47. The lowest BCUT2D eigenvalue weighted by Crippen LogP contribution is -2.38. The van der Waals surface area contributed by atoms with Crippen LogP contribution in [0.25, 0.3) is 21.9 Å². The molecule has 6 rings (SSSR count). The molecule has 0 bridgehead atoms. The molecule has 4 nitrogen and oxygen atoms in total. The number of hydrogen-bond donors (Lipinski definition) is 1. The lowest BCUT2D eigenvalue weighted by Gasteiger charge is -2.37. The highest BCUT2D eigenvalue weighted by molar-refractivity contribution is 9.10. The van der Waals surface area contributed by atoms with Gasteiger partial charge in [0, 0.05) is 5.39 Å². The molecule has 0 aliphatic rings. The molecular formula is C28H18BrCl3N4. The number of H-pyrrole nitrogens is 1. The van der Waals surface area contributed by atoms with E-state index in [-0.39, 0.29) is 5.82 Å². The fourth-order valence-corrected chi connectivity index (χ4v) is 5.64. The molecule has 0 fully saturated rings. The van der Waals surface area contributed by atoms with Crippen LogP contribution in [0.15, 0.2) is 108 Å². The first-order chi connectivity index (χ1) is 17.4. The zero-order valence-electron chi connectivity index (χ0n) is 18.7. The van der Waals surface area contributed by atoms with Gasteiger partial charge >= 0.3 is 0 Å². The molecule has 0 saturated carbocycles. The summed E-state index contributed by atoms with van der Waals surface area (Å²) >= 11 is 22.0. The molecule has 36 heavy (non-hydrogen) atoms. The van der Waals surface area contributed by atoms with Crippen LogP contribution < -0.4 is 0 Å². The minimum atomic E-state index is -1.70. The van der Waals surface area contributed by atoms with Crippen molar-refractivity contribution in [3.05, 3.63) is 130 Å². The van der Waals surface area contributed by atoms with E-state index in [1.54, 1.807) is 0 Å². The maximum Gasteiger partial charge on any atom is 0.250 e. The zero-order valence-corrected chi connectivity index (χ0v) is 22.5. The fraction of sp³-hybridized carbons (Fsp3) is 0.0714. The van der Waals surface area contributed by atoms with E-state index in [0.717, 1.165) is 32.2 Å². The first-order valence-corrected chi connectivity index (χ1v) is 13.1. The molecular weight excluding hydrogens is 579 g/mol. The van der Waals surface area contributed by atoms with Gasteiger partial charge in [-0.25, -0.2) is 9.97 Å². The van der Waals surface area contributed by atoms with Crippen molar-refractivity contribution in [1.82, 2.24) is 19.7 Å². The van der Waals surface area contributed by atoms with Crippen LogP contribution in [0.5, 0.6) is 0 Å². The summed E-state index contributed by atoms with van der Waals surface area (Å²) in [7, 11) is 0. The molecule has 178 valence electrons. The first-order valence-electron chi connectivity index (χ1n) is 11.2. The van der Waals surface area contributed by atoms with Crippen molar-refractivity contribution in [2.45, 2.75) is 9.33 Å². The monoisotopic (exact) mass is 594 g/mol. The molecule has 0 atom stereocenters. The number of rotatable bonds is 4. The van der Waals surface area contributed by atoms with Crippen LogP contribution in [-0.2, 0) is 9.33 Å². The minimum Gasteiger partial charge on any atom is -0.289 e. The smallest absolute Gasteiger partial charge is 0.250 e. The van der Waals surface area contributed by atoms with Crippen LogP contribution >= 0.6 is 50.7 Å². The lowest BCUT2D eigenvalue weighted by molar-refractivity contribution is 0.474. The summed E-state index contributed by atoms with van der Waals surface area (Å²) in [5.41, 5.74) is 4.78. The Morgan fingerprint density at radius 3 is 1.56 bits per heavy atom. The molecule has 6 aromatic rings. The third kappa shape index (κ3) is 3.73. The number of fused-ring (bicyclic) bond motifs is 2. The molecule has 0 saturated heterocycles. The minimum absolute atomic E-state index is 0.155. The Bertz CT molecular complexity index is 1580. The molecule has 8 heteroatoms. The normalized spacial score (nSPS) is 12.4. The summed E-state index contributed by atoms with van der Waals surface area (Å²) in [4.78, 5) is 9.01. The molecule has 2 heterocycles. The largest absolute Gasteiger partial charge is 0.289 e. The molecule has 0 unspecified atom stereocenters. The highest BCUT2D eigenvalue weighted by Crippen LogP contribution is 2.44. The molecule has 0 aliphatic heterocycles. The van der Waals surface area contributed by atoms with Gasteiger partial charge in [-0.1, -0.05) is 126 Å². The van der Waals surface area contributed by atoms with Crippen molar-refractivity contribution in [1.29, 1.82) is 0 Å². The molecule has 0 amide bonds. The summed E-state index contributed by atoms with van der Waals surface area (Å²) in [6, 6.07) is 35.3. The second-order valence-electron chi connectivity index (χ2n) is 8.47. The van der Waals surface area contributed by atoms with Crippen molar-refractivity contribution in [2.24, 2.45) is 0 Å². The van der Waals surface area contributed by atoms with Crippen LogP contribution in [0.3, 0.4) is 0 Å². The molecule has 4 aromatic carbocycles. The van der Waals surface area contributed by atoms with E-state index in [0.29, 0.717) is 11.0 Å². The number of aromatic nitrogens is 4. The van der Waals surface area contributed by atoms with E-state index in [9.17, 15) is 0 Å². The second kappa shape index (κ2) is 8.93. The second-order valence-corrected chi connectivity index (χ2v) is 11.5. The number of benzene rings is 4. The summed E-state index contributed by atoms with van der Waals surface area (Å²) in [5, 5.41) is 4.53. The molecule has 0 radical (unpaired) electrons. The Balaban J connectivity index is 1.76. The summed E-state index contributed by atoms with van der Waals surface area (Å²) in [5.74, 6) is 0.155. The summed E-state index contributed by atoms with van der Waals surface area (Å²) in [6.07, 6.45) is 0. The SMILES string of the molecule is ClC(Cl)(Cl)c1nc2cc3c(Br)[nH]n(C(c4ccccc4)(c4ccccc4)c4ccccc4)c3cc2n1. The predicted molar refractivity (Wildman–Crippen MR) is 151 cm³/mol. The van der Waals surface area contributed by atoms with Gasteiger partial charge in [0.05, 0.1) is 16.6 Å². The van der Waals surface area contributed by atoms with Gasteiger partial charge in [-0.05, 0) is 44.8 Å². The van der Waals surface area contributed by atoms with E-state index in [4.69, 9.17) is 34.8 Å². The average molecular weight is 597 g/mol. The summed E-state index contributed by atoms with van der Waals surface area (Å²) in [6.45, 7) is 0. The van der Waals surface area contributed by atoms with Gasteiger partial charge in [0.2, 0.25) is 3.79 Å². The maximum atomic E-state index is 6.10. The molecule has 0 spiro atoms. The van der Waals surface area contributed by atoms with Crippen molar-refractivity contribution >= 4 is 72.7 Å². The van der Waals surface area contributed by atoms with Crippen LogP contribution in [0.1, 0.15) is 22.5 Å². The number of nitrogens with one attached hydrogen (secondary N) is 1. The third-order valence-corrected chi connectivity index (χ3v) is 7.51. The number of alkyl halides is 3. The van der Waals surface area contributed by atoms with Crippen molar-refractivity contribution in [3.8, 4) is 0 Å². The van der Waals surface area contributed by atoms with Crippen molar-refractivity contribution < 1.29 is 0 Å². The van der Waals surface area contributed by atoms with E-state index >= 15 is 0 Å². The third-order valence-electron chi connectivity index (χ3n) is 6.40. The van der Waals surface area contributed by atoms with Crippen LogP contribution in [-0.4, -0.2) is 19.7 Å². The number of halogens is 4. The van der Waals surface area contributed by atoms with Gasteiger partial charge in [-0.2, -0.15) is 0 Å². The van der Waals surface area contributed by atoms with Gasteiger partial charge in [0.25, 0.3) is 0 Å². The molecule has 1 N–H and O–H groups in total. The Labute approximate surface area is 231 Å². The Kier molecular flexibility index (Phi) is 5.84. The predicted octanol–water partition coefficient (Wildman–Crippen LogP) is 8.34. The van der Waals surface area contributed by atoms with Crippen LogP contribution in [0.4, 0.5) is 0 Å². The van der Waals surface area contributed by atoms with Gasteiger partial charge in [-0.15, -0.1) is 0 Å². The number of imidazole rings is 1. The van der Waals surface area contributed by atoms with Gasteiger partial charge in [-0.3, -0.25) is 9.78 Å². The number of hydrogen-bond acceptors (Lipinski definition) is 2. The van der Waals surface area contributed by atoms with Crippen LogP contribution in [0, 0.1) is 0 Å². The Morgan fingerprint density at radius 1 is 0.667 bits per heavy atom. The highest BCUT2D eigenvalue weighted by Gasteiger charge is 2.40. The van der Waals surface area contributed by atoms with E-state index in [2.05, 4.69) is 108 Å². The molecule has 0 aliphatic carbocycles. The number of aromatic amines is 1. The maximum absolute atomic E-state index is 6.10. The van der Waals surface area contributed by atoms with E-state index in [1.807, 2.05) is 30.3 Å². The standard InChI is InChI=1S/C28H18BrCl3N4/c29-25-21-16-22-23(34-26(33-22)28(30,31)32)17-24(21)36(35-25)27(18-10-4-1-5-11-18,19-12-6-2-7-13-19)20-14-8-3-9-15-20/h1-17,35H. The van der Waals surface area contributed by atoms with Crippen molar-refractivity contribution in [2.75, 3.05) is 0 Å². The van der Waals surface area contributed by atoms with Gasteiger partial charge < -0.3 is 0 Å². The van der Waals surface area contributed by atoms with Gasteiger partial charge in [0.1, 0.15) is 10.1 Å². The van der Waals surface area contributed by atoms with Gasteiger partial charge in [0.15, 0.2) is 5.82 Å². The quantitative estimate of drug-likeness (QED) is 0.164. The van der Waals surface area contributed by atoms with E-state index < -0.39 is 9.33 Å². The highest BCUT2D eigenvalue weighted by atomic mass is 79.9. The number of nitrogens with zero attached hydrogens (tertiary/aromatic N) is 3. The Hall–Kier alpha value is -2.83. The topological polar surface area (TPSA) is 46.5 Å². The first kappa shape index (κ1) is 23.6. The zero-order chi connectivity index (χ0) is 24.9.